The molecule has 3 unspecified atom stereocenters. The molecule has 1 aromatic heterocycles. The van der Waals surface area contributed by atoms with E-state index >= 15 is 0 Å². The summed E-state index contributed by atoms with van der Waals surface area (Å²) in [5.41, 5.74) is 6.58. The van der Waals surface area contributed by atoms with Crippen LogP contribution in [0.3, 0.4) is 0 Å². The summed E-state index contributed by atoms with van der Waals surface area (Å²) in [6.07, 6.45) is -0.0552. The molecule has 0 radical (unpaired) electrons. The van der Waals surface area contributed by atoms with Gasteiger partial charge >= 0.3 is 0 Å². The van der Waals surface area contributed by atoms with E-state index in [9.17, 15) is 9.90 Å². The predicted molar refractivity (Wildman–Crippen MR) is 93.6 cm³/mol. The number of hydrogen-bond acceptors (Lipinski definition) is 5. The van der Waals surface area contributed by atoms with E-state index in [-0.39, 0.29) is 11.9 Å². The van der Waals surface area contributed by atoms with E-state index in [4.69, 9.17) is 10.5 Å². The minimum absolute atomic E-state index is 0.0615. The Bertz CT molecular complexity index is 648. The van der Waals surface area contributed by atoms with E-state index in [0.29, 0.717) is 26.2 Å². The number of carbonyl (C=O) groups is 1. The van der Waals surface area contributed by atoms with Gasteiger partial charge in [0.2, 0.25) is 5.91 Å². The van der Waals surface area contributed by atoms with E-state index in [0.717, 1.165) is 10.4 Å². The SMILES string of the molecule is NC(=O)C(c1ccccc1)N1CCOCC1CC(O)c1cccs1. The first-order chi connectivity index (χ1) is 11.7. The zero-order valence-electron chi connectivity index (χ0n) is 13.4. The second-order valence-electron chi connectivity index (χ2n) is 5.95. The van der Waals surface area contributed by atoms with Crippen LogP contribution in [0.5, 0.6) is 0 Å². The Morgan fingerprint density at radius 3 is 2.79 bits per heavy atom. The van der Waals surface area contributed by atoms with Crippen molar-refractivity contribution in [1.29, 1.82) is 0 Å². The normalized spacial score (nSPS) is 21.3. The molecule has 6 heteroatoms. The van der Waals surface area contributed by atoms with Gasteiger partial charge in [0.15, 0.2) is 0 Å². The van der Waals surface area contributed by atoms with Crippen molar-refractivity contribution in [2.24, 2.45) is 5.73 Å². The molecule has 1 amide bonds. The van der Waals surface area contributed by atoms with Gasteiger partial charge in [-0.3, -0.25) is 9.69 Å². The number of hydrogen-bond donors (Lipinski definition) is 2. The molecule has 2 aromatic rings. The van der Waals surface area contributed by atoms with Gasteiger partial charge in [0.25, 0.3) is 0 Å². The molecule has 1 saturated heterocycles. The predicted octanol–water partition coefficient (Wildman–Crippen LogP) is 2.10. The van der Waals surface area contributed by atoms with Crippen molar-refractivity contribution in [3.05, 3.63) is 58.3 Å². The standard InChI is InChI=1S/C18H22N2O3S/c19-18(22)17(13-5-2-1-3-6-13)20-8-9-23-12-14(20)11-15(21)16-7-4-10-24-16/h1-7,10,14-15,17,21H,8-9,11-12H2,(H2,19,22). The molecule has 3 rings (SSSR count). The Morgan fingerprint density at radius 2 is 2.12 bits per heavy atom. The number of benzene rings is 1. The summed E-state index contributed by atoms with van der Waals surface area (Å²) in [5.74, 6) is -0.376. The van der Waals surface area contributed by atoms with Crippen molar-refractivity contribution >= 4 is 17.2 Å². The van der Waals surface area contributed by atoms with E-state index in [2.05, 4.69) is 4.90 Å². The Hall–Kier alpha value is -1.73. The van der Waals surface area contributed by atoms with Crippen LogP contribution in [0.25, 0.3) is 0 Å². The molecular weight excluding hydrogens is 324 g/mol. The monoisotopic (exact) mass is 346 g/mol. The number of carbonyl (C=O) groups excluding carboxylic acids is 1. The highest BCUT2D eigenvalue weighted by atomic mass is 32.1. The smallest absolute Gasteiger partial charge is 0.239 e. The van der Waals surface area contributed by atoms with Crippen molar-refractivity contribution in [2.45, 2.75) is 24.6 Å². The number of primary amides is 1. The average molecular weight is 346 g/mol. The number of aliphatic hydroxyl groups excluding tert-OH is 1. The lowest BCUT2D eigenvalue weighted by atomic mass is 9.99. The van der Waals surface area contributed by atoms with E-state index < -0.39 is 12.1 Å². The van der Waals surface area contributed by atoms with Crippen LogP contribution in [0.2, 0.25) is 0 Å². The summed E-state index contributed by atoms with van der Waals surface area (Å²) in [4.78, 5) is 15.1. The minimum atomic E-state index is -0.566. The number of amides is 1. The molecule has 3 atom stereocenters. The summed E-state index contributed by atoms with van der Waals surface area (Å²) in [6.45, 7) is 1.66. The topological polar surface area (TPSA) is 75.8 Å². The number of nitrogens with zero attached hydrogens (tertiary/aromatic N) is 1. The van der Waals surface area contributed by atoms with Gasteiger partial charge in [0.1, 0.15) is 6.04 Å². The Kier molecular flexibility index (Phi) is 5.63. The van der Waals surface area contributed by atoms with Crippen LogP contribution in [0.4, 0.5) is 0 Å². The Morgan fingerprint density at radius 1 is 1.33 bits per heavy atom. The summed E-state index contributed by atoms with van der Waals surface area (Å²) < 4.78 is 5.59. The van der Waals surface area contributed by atoms with Gasteiger partial charge < -0.3 is 15.6 Å². The first kappa shape index (κ1) is 17.1. The zero-order valence-corrected chi connectivity index (χ0v) is 14.2. The fourth-order valence-electron chi connectivity index (χ4n) is 3.22. The molecule has 0 spiro atoms. The van der Waals surface area contributed by atoms with E-state index in [1.165, 1.54) is 11.3 Å². The maximum atomic E-state index is 12.1. The van der Waals surface area contributed by atoms with Gasteiger partial charge in [-0.05, 0) is 23.4 Å². The van der Waals surface area contributed by atoms with E-state index in [1.54, 1.807) is 0 Å². The molecule has 1 fully saturated rings. The second kappa shape index (κ2) is 7.90. The van der Waals surface area contributed by atoms with Crippen LogP contribution in [0.15, 0.2) is 47.8 Å². The molecule has 128 valence electrons. The lowest BCUT2D eigenvalue weighted by Gasteiger charge is -2.40. The molecule has 1 aromatic carbocycles. The Labute approximate surface area is 145 Å². The third kappa shape index (κ3) is 3.84. The van der Waals surface area contributed by atoms with Crippen LogP contribution in [0, 0.1) is 0 Å². The number of aliphatic hydroxyl groups is 1. The molecule has 1 aliphatic heterocycles. The quantitative estimate of drug-likeness (QED) is 0.840. The average Bonchev–Trinajstić information content (AvgIpc) is 3.12. The van der Waals surface area contributed by atoms with Crippen molar-refractivity contribution in [3.63, 3.8) is 0 Å². The fourth-order valence-corrected chi connectivity index (χ4v) is 3.94. The highest BCUT2D eigenvalue weighted by Crippen LogP contribution is 2.30. The molecule has 3 N–H and O–H groups in total. The highest BCUT2D eigenvalue weighted by molar-refractivity contribution is 7.10. The second-order valence-corrected chi connectivity index (χ2v) is 6.93. The third-order valence-electron chi connectivity index (χ3n) is 4.36. The lowest BCUT2D eigenvalue weighted by molar-refractivity contribution is -0.128. The molecule has 0 saturated carbocycles. The summed E-state index contributed by atoms with van der Waals surface area (Å²) in [7, 11) is 0. The lowest BCUT2D eigenvalue weighted by Crippen LogP contribution is -2.51. The van der Waals surface area contributed by atoms with Crippen LogP contribution in [-0.2, 0) is 9.53 Å². The molecule has 1 aliphatic rings. The van der Waals surface area contributed by atoms with Gasteiger partial charge in [-0.25, -0.2) is 0 Å². The summed E-state index contributed by atoms with van der Waals surface area (Å²) >= 11 is 1.53. The minimum Gasteiger partial charge on any atom is -0.388 e. The van der Waals surface area contributed by atoms with Gasteiger partial charge in [-0.1, -0.05) is 36.4 Å². The fraction of sp³-hybridized carbons (Fsp3) is 0.389. The summed E-state index contributed by atoms with van der Waals surface area (Å²) in [5, 5.41) is 12.4. The van der Waals surface area contributed by atoms with Crippen molar-refractivity contribution < 1.29 is 14.6 Å². The van der Waals surface area contributed by atoms with Gasteiger partial charge in [0.05, 0.1) is 19.3 Å². The van der Waals surface area contributed by atoms with Gasteiger partial charge in [-0.2, -0.15) is 0 Å². The largest absolute Gasteiger partial charge is 0.388 e. The van der Waals surface area contributed by atoms with Crippen molar-refractivity contribution in [2.75, 3.05) is 19.8 Å². The van der Waals surface area contributed by atoms with Gasteiger partial charge in [-0.15, -0.1) is 11.3 Å². The van der Waals surface area contributed by atoms with Gasteiger partial charge in [0, 0.05) is 17.5 Å². The number of rotatable bonds is 6. The third-order valence-corrected chi connectivity index (χ3v) is 5.33. The molecular formula is C18H22N2O3S. The molecule has 0 bridgehead atoms. The van der Waals surface area contributed by atoms with Crippen LogP contribution in [-0.4, -0.2) is 41.7 Å². The van der Waals surface area contributed by atoms with Crippen molar-refractivity contribution in [1.82, 2.24) is 4.90 Å². The number of thiophene rings is 1. The van der Waals surface area contributed by atoms with Crippen LogP contribution < -0.4 is 5.73 Å². The van der Waals surface area contributed by atoms with Crippen molar-refractivity contribution in [3.8, 4) is 0 Å². The molecule has 5 nitrogen and oxygen atoms in total. The summed E-state index contributed by atoms with van der Waals surface area (Å²) in [6, 6.07) is 12.8. The molecule has 24 heavy (non-hydrogen) atoms. The Balaban J connectivity index is 1.81. The number of nitrogens with two attached hydrogens (primary N) is 1. The number of morpholine rings is 1. The zero-order chi connectivity index (χ0) is 16.9. The molecule has 2 heterocycles. The maximum Gasteiger partial charge on any atom is 0.239 e. The van der Waals surface area contributed by atoms with Crippen LogP contribution in [0.1, 0.15) is 29.0 Å². The van der Waals surface area contributed by atoms with E-state index in [1.807, 2.05) is 47.8 Å². The first-order valence-corrected chi connectivity index (χ1v) is 8.94. The maximum absolute atomic E-state index is 12.1. The highest BCUT2D eigenvalue weighted by Gasteiger charge is 2.35. The first-order valence-electron chi connectivity index (χ1n) is 8.06. The van der Waals surface area contributed by atoms with Crippen LogP contribution >= 0.6 is 11.3 Å². The molecule has 0 aliphatic carbocycles. The number of ether oxygens (including phenoxy) is 1.